The quantitative estimate of drug-likeness (QED) is 0.837. The van der Waals surface area contributed by atoms with Crippen LogP contribution in [0.1, 0.15) is 64.7 Å². The van der Waals surface area contributed by atoms with E-state index in [2.05, 4.69) is 12.2 Å². The number of hydrogen-bond acceptors (Lipinski definition) is 2. The molecule has 0 unspecified atom stereocenters. The van der Waals surface area contributed by atoms with E-state index in [9.17, 15) is 0 Å². The number of rotatable bonds is 3. The summed E-state index contributed by atoms with van der Waals surface area (Å²) in [4.78, 5) is 4.82. The van der Waals surface area contributed by atoms with Crippen molar-refractivity contribution < 1.29 is 0 Å². The Bertz CT molecular complexity index is 326. The van der Waals surface area contributed by atoms with E-state index in [4.69, 9.17) is 4.99 Å². The van der Waals surface area contributed by atoms with Crippen LogP contribution in [0.4, 0.5) is 0 Å². The van der Waals surface area contributed by atoms with E-state index in [-0.39, 0.29) is 0 Å². The van der Waals surface area contributed by atoms with Crippen LogP contribution in [0.25, 0.3) is 0 Å². The zero-order chi connectivity index (χ0) is 13.1. The third kappa shape index (κ3) is 3.48. The predicted octanol–water partition coefficient (Wildman–Crippen LogP) is 4.21. The number of aliphatic imine (C=N–C) groups is 1. The second kappa shape index (κ2) is 6.07. The molecule has 1 spiro atoms. The zero-order valence-corrected chi connectivity index (χ0v) is 13.1. The molecule has 108 valence electrons. The Labute approximate surface area is 122 Å². The van der Waals surface area contributed by atoms with Crippen LogP contribution in [0.5, 0.6) is 0 Å². The number of thioether (sulfide) groups is 1. The first kappa shape index (κ1) is 13.8. The molecule has 19 heavy (non-hydrogen) atoms. The van der Waals surface area contributed by atoms with E-state index in [0.717, 1.165) is 18.4 Å². The maximum absolute atomic E-state index is 4.82. The summed E-state index contributed by atoms with van der Waals surface area (Å²) in [7, 11) is 0. The van der Waals surface area contributed by atoms with E-state index in [1.807, 2.05) is 11.8 Å². The van der Waals surface area contributed by atoms with Crippen LogP contribution in [0.15, 0.2) is 4.99 Å². The maximum atomic E-state index is 4.82. The highest BCUT2D eigenvalue weighted by Gasteiger charge is 2.39. The molecule has 1 saturated heterocycles. The normalized spacial score (nSPS) is 35.9. The Morgan fingerprint density at radius 1 is 1.21 bits per heavy atom. The number of amidine groups is 1. The molecular formula is C16H28N2S. The lowest BCUT2D eigenvalue weighted by Crippen LogP contribution is -2.40. The molecule has 0 radical (unpaired) electrons. The Morgan fingerprint density at radius 3 is 2.68 bits per heavy atom. The predicted molar refractivity (Wildman–Crippen MR) is 84.8 cm³/mol. The van der Waals surface area contributed by atoms with Gasteiger partial charge in [-0.1, -0.05) is 57.2 Å². The topological polar surface area (TPSA) is 24.4 Å². The molecular weight excluding hydrogens is 252 g/mol. The van der Waals surface area contributed by atoms with Gasteiger partial charge in [0.2, 0.25) is 0 Å². The van der Waals surface area contributed by atoms with Crippen LogP contribution in [0.3, 0.4) is 0 Å². The molecule has 0 atom stereocenters. The average molecular weight is 280 g/mol. The second-order valence-electron chi connectivity index (χ2n) is 7.00. The molecule has 2 nitrogen and oxygen atoms in total. The van der Waals surface area contributed by atoms with Crippen LogP contribution in [0, 0.1) is 11.8 Å². The summed E-state index contributed by atoms with van der Waals surface area (Å²) in [6.07, 6.45) is 12.6. The van der Waals surface area contributed by atoms with Gasteiger partial charge in [-0.05, 0) is 31.1 Å². The first-order chi connectivity index (χ1) is 9.26. The minimum Gasteiger partial charge on any atom is -0.359 e. The maximum Gasteiger partial charge on any atom is 0.157 e. The van der Waals surface area contributed by atoms with Gasteiger partial charge in [-0.3, -0.25) is 4.99 Å². The van der Waals surface area contributed by atoms with Gasteiger partial charge in [-0.15, -0.1) is 0 Å². The average Bonchev–Trinajstić information content (AvgIpc) is 3.03. The van der Waals surface area contributed by atoms with Crippen molar-refractivity contribution >= 4 is 16.9 Å². The smallest absolute Gasteiger partial charge is 0.157 e. The Morgan fingerprint density at radius 2 is 1.95 bits per heavy atom. The molecule has 1 heterocycles. The minimum atomic E-state index is 0.434. The fourth-order valence-electron chi connectivity index (χ4n) is 3.88. The van der Waals surface area contributed by atoms with Gasteiger partial charge in [0, 0.05) is 17.8 Å². The van der Waals surface area contributed by atoms with Crippen molar-refractivity contribution in [2.75, 3.05) is 12.3 Å². The van der Waals surface area contributed by atoms with E-state index in [1.54, 1.807) is 0 Å². The molecule has 1 aliphatic heterocycles. The van der Waals surface area contributed by atoms with E-state index < -0.39 is 0 Å². The van der Waals surface area contributed by atoms with Crippen molar-refractivity contribution in [3.8, 4) is 0 Å². The summed E-state index contributed by atoms with van der Waals surface area (Å²) in [6, 6.07) is 0. The molecule has 3 heteroatoms. The van der Waals surface area contributed by atoms with Crippen LogP contribution in [0.2, 0.25) is 0 Å². The highest BCUT2D eigenvalue weighted by Crippen LogP contribution is 2.37. The highest BCUT2D eigenvalue weighted by atomic mass is 32.2. The number of hydrogen-bond donors (Lipinski definition) is 1. The van der Waals surface area contributed by atoms with Gasteiger partial charge < -0.3 is 5.32 Å². The molecule has 0 aromatic carbocycles. The van der Waals surface area contributed by atoms with Crippen LogP contribution < -0.4 is 5.32 Å². The molecule has 0 aromatic heterocycles. The molecule has 1 N–H and O–H groups in total. The fourth-order valence-corrected chi connectivity index (χ4v) is 5.12. The summed E-state index contributed by atoms with van der Waals surface area (Å²) < 4.78 is 0. The summed E-state index contributed by atoms with van der Waals surface area (Å²) in [5.74, 6) is 3.18. The summed E-state index contributed by atoms with van der Waals surface area (Å²) in [5, 5.41) is 4.97. The second-order valence-corrected chi connectivity index (χ2v) is 7.97. The highest BCUT2D eigenvalue weighted by molar-refractivity contribution is 8.14. The van der Waals surface area contributed by atoms with Gasteiger partial charge in [0.05, 0.1) is 0 Å². The van der Waals surface area contributed by atoms with Crippen LogP contribution >= 0.6 is 11.8 Å². The zero-order valence-electron chi connectivity index (χ0n) is 12.3. The molecule has 3 aliphatic rings. The Balaban J connectivity index is 1.41. The summed E-state index contributed by atoms with van der Waals surface area (Å²) >= 11 is 1.96. The standard InChI is InChI=1S/C16H28N2S/c1-13-4-6-14(7-5-13)8-11-17-15-18-16(12-19-15)9-2-3-10-16/h13-14H,2-12H2,1H3,(H,17,18). The fraction of sp³-hybridized carbons (Fsp3) is 0.938. The SMILES string of the molecule is CC1CCC(CCN=C2NC3(CCCC3)CS2)CC1. The Kier molecular flexibility index (Phi) is 4.40. The third-order valence-electron chi connectivity index (χ3n) is 5.35. The summed E-state index contributed by atoms with van der Waals surface area (Å²) in [5.41, 5.74) is 0.434. The van der Waals surface area contributed by atoms with Crippen molar-refractivity contribution in [1.82, 2.24) is 5.32 Å². The van der Waals surface area contributed by atoms with Crippen molar-refractivity contribution in [2.24, 2.45) is 16.8 Å². The van der Waals surface area contributed by atoms with Gasteiger partial charge in [0.1, 0.15) is 0 Å². The number of nitrogens with one attached hydrogen (secondary N) is 1. The van der Waals surface area contributed by atoms with Gasteiger partial charge >= 0.3 is 0 Å². The van der Waals surface area contributed by atoms with Crippen molar-refractivity contribution in [2.45, 2.75) is 70.3 Å². The van der Waals surface area contributed by atoms with Gasteiger partial charge in [0.15, 0.2) is 5.17 Å². The van der Waals surface area contributed by atoms with E-state index in [0.29, 0.717) is 5.54 Å². The van der Waals surface area contributed by atoms with Crippen molar-refractivity contribution in [1.29, 1.82) is 0 Å². The lowest BCUT2D eigenvalue weighted by molar-refractivity contribution is 0.280. The molecule has 2 aliphatic carbocycles. The number of nitrogens with zero attached hydrogens (tertiary/aromatic N) is 1. The monoisotopic (exact) mass is 280 g/mol. The van der Waals surface area contributed by atoms with E-state index in [1.165, 1.54) is 68.7 Å². The lowest BCUT2D eigenvalue weighted by Gasteiger charge is -2.25. The third-order valence-corrected chi connectivity index (χ3v) is 6.55. The van der Waals surface area contributed by atoms with Gasteiger partial charge in [-0.2, -0.15) is 0 Å². The molecule has 2 saturated carbocycles. The molecule has 0 bridgehead atoms. The van der Waals surface area contributed by atoms with E-state index >= 15 is 0 Å². The largest absolute Gasteiger partial charge is 0.359 e. The van der Waals surface area contributed by atoms with Crippen LogP contribution in [-0.4, -0.2) is 23.0 Å². The Hall–Kier alpha value is -0.180. The molecule has 0 amide bonds. The van der Waals surface area contributed by atoms with Crippen molar-refractivity contribution in [3.63, 3.8) is 0 Å². The first-order valence-electron chi connectivity index (χ1n) is 8.21. The van der Waals surface area contributed by atoms with Crippen molar-refractivity contribution in [3.05, 3.63) is 0 Å². The lowest BCUT2D eigenvalue weighted by atomic mass is 9.81. The molecule has 3 rings (SSSR count). The summed E-state index contributed by atoms with van der Waals surface area (Å²) in [6.45, 7) is 3.45. The van der Waals surface area contributed by atoms with Gasteiger partial charge in [-0.25, -0.2) is 0 Å². The minimum absolute atomic E-state index is 0.434. The van der Waals surface area contributed by atoms with Gasteiger partial charge in [0.25, 0.3) is 0 Å². The molecule has 3 fully saturated rings. The van der Waals surface area contributed by atoms with Crippen LogP contribution in [-0.2, 0) is 0 Å². The first-order valence-corrected chi connectivity index (χ1v) is 9.20. The molecule has 0 aromatic rings.